The number of carbonyl (C=O) groups is 1. The van der Waals surface area contributed by atoms with Crippen molar-refractivity contribution in [2.24, 2.45) is 0 Å². The van der Waals surface area contributed by atoms with Crippen molar-refractivity contribution < 1.29 is 14.3 Å². The molecule has 1 amide bonds. The molecule has 0 atom stereocenters. The highest BCUT2D eigenvalue weighted by molar-refractivity contribution is 6.35. The number of hydrogen-bond donors (Lipinski definition) is 3. The van der Waals surface area contributed by atoms with Crippen molar-refractivity contribution in [2.45, 2.75) is 18.8 Å². The maximum Gasteiger partial charge on any atom is 0.255 e. The summed E-state index contributed by atoms with van der Waals surface area (Å²) in [6.07, 6.45) is 3.19. The summed E-state index contributed by atoms with van der Waals surface area (Å²) in [5.74, 6) is -0.268. The third-order valence-electron chi connectivity index (χ3n) is 5.87. The second kappa shape index (κ2) is 11.1. The highest BCUT2D eigenvalue weighted by atomic mass is 35.5. The van der Waals surface area contributed by atoms with Crippen molar-refractivity contribution in [3.63, 3.8) is 0 Å². The van der Waals surface area contributed by atoms with Gasteiger partial charge in [0.2, 0.25) is 0 Å². The standard InChI is InChI=1S/C25H25Cl2FN4O2/c26-18-7-6-17(15-22(18)32(13-14-33)24-19(27)3-2-10-30-24)25(34)31-21-5-1-4-20(28)23(21)16-8-11-29-12-9-16/h1-7,10,15-16,29,33H,8-9,11-14H2,(H,31,34). The molecule has 2 aromatic carbocycles. The predicted molar refractivity (Wildman–Crippen MR) is 134 cm³/mol. The average Bonchev–Trinajstić information content (AvgIpc) is 2.84. The van der Waals surface area contributed by atoms with Crippen LogP contribution in [-0.2, 0) is 0 Å². The summed E-state index contributed by atoms with van der Waals surface area (Å²) >= 11 is 12.8. The molecule has 1 saturated heterocycles. The fourth-order valence-corrected chi connectivity index (χ4v) is 4.69. The smallest absolute Gasteiger partial charge is 0.255 e. The minimum atomic E-state index is -0.394. The Morgan fingerprint density at radius 3 is 2.68 bits per heavy atom. The van der Waals surface area contributed by atoms with Crippen LogP contribution in [0.3, 0.4) is 0 Å². The first-order chi connectivity index (χ1) is 16.5. The molecule has 0 unspecified atom stereocenters. The van der Waals surface area contributed by atoms with Gasteiger partial charge in [-0.25, -0.2) is 9.37 Å². The van der Waals surface area contributed by atoms with Crippen LogP contribution in [-0.4, -0.2) is 42.2 Å². The summed E-state index contributed by atoms with van der Waals surface area (Å²) < 4.78 is 14.8. The first-order valence-corrected chi connectivity index (χ1v) is 11.8. The van der Waals surface area contributed by atoms with E-state index in [9.17, 15) is 14.3 Å². The van der Waals surface area contributed by atoms with Crippen LogP contribution in [0, 0.1) is 5.82 Å². The average molecular weight is 503 g/mol. The molecule has 34 heavy (non-hydrogen) atoms. The molecule has 0 bridgehead atoms. The Kier molecular flexibility index (Phi) is 8.00. The Hall–Kier alpha value is -2.71. The monoisotopic (exact) mass is 502 g/mol. The molecular weight excluding hydrogens is 478 g/mol. The largest absolute Gasteiger partial charge is 0.395 e. The molecule has 1 aromatic heterocycles. The normalized spacial score (nSPS) is 14.1. The Balaban J connectivity index is 1.65. The zero-order valence-electron chi connectivity index (χ0n) is 18.4. The fourth-order valence-electron chi connectivity index (χ4n) is 4.24. The van der Waals surface area contributed by atoms with Crippen molar-refractivity contribution in [1.29, 1.82) is 0 Å². The summed E-state index contributed by atoms with van der Waals surface area (Å²) in [4.78, 5) is 19.2. The van der Waals surface area contributed by atoms with Gasteiger partial charge in [-0.15, -0.1) is 0 Å². The van der Waals surface area contributed by atoms with Gasteiger partial charge in [-0.05, 0) is 74.3 Å². The number of rotatable bonds is 7. The predicted octanol–water partition coefficient (Wildman–Crippen LogP) is 5.38. The van der Waals surface area contributed by atoms with E-state index in [1.807, 2.05) is 0 Å². The first-order valence-electron chi connectivity index (χ1n) is 11.1. The SMILES string of the molecule is O=C(Nc1cccc(F)c1C1CCNCC1)c1ccc(Cl)c(N(CCO)c2ncccc2Cl)c1. The molecule has 3 aromatic rings. The second-order valence-corrected chi connectivity index (χ2v) is 8.84. The first kappa shape index (κ1) is 24.4. The van der Waals surface area contributed by atoms with E-state index < -0.39 is 5.91 Å². The zero-order valence-corrected chi connectivity index (χ0v) is 19.9. The van der Waals surface area contributed by atoms with Crippen molar-refractivity contribution >= 4 is 46.3 Å². The summed E-state index contributed by atoms with van der Waals surface area (Å²) in [5.41, 5.74) is 1.80. The molecule has 4 rings (SSSR count). The van der Waals surface area contributed by atoms with E-state index in [2.05, 4.69) is 15.6 Å². The van der Waals surface area contributed by atoms with E-state index in [4.69, 9.17) is 23.2 Å². The van der Waals surface area contributed by atoms with Crippen LogP contribution in [0.25, 0.3) is 0 Å². The van der Waals surface area contributed by atoms with Gasteiger partial charge in [0.1, 0.15) is 5.82 Å². The van der Waals surface area contributed by atoms with Crippen LogP contribution in [0.1, 0.15) is 34.7 Å². The maximum atomic E-state index is 14.8. The molecule has 1 fully saturated rings. The molecule has 1 aliphatic rings. The number of benzene rings is 2. The Bertz CT molecular complexity index is 1170. The fraction of sp³-hybridized carbons (Fsp3) is 0.280. The number of pyridine rings is 1. The molecule has 0 spiro atoms. The molecule has 178 valence electrons. The van der Waals surface area contributed by atoms with Gasteiger partial charge in [0.25, 0.3) is 5.91 Å². The zero-order chi connectivity index (χ0) is 24.1. The van der Waals surface area contributed by atoms with Crippen molar-refractivity contribution in [2.75, 3.05) is 36.5 Å². The lowest BCUT2D eigenvalue weighted by molar-refractivity contribution is 0.102. The van der Waals surface area contributed by atoms with Crippen LogP contribution >= 0.6 is 23.2 Å². The molecule has 0 aliphatic carbocycles. The second-order valence-electron chi connectivity index (χ2n) is 8.03. The van der Waals surface area contributed by atoms with Crippen LogP contribution in [0.5, 0.6) is 0 Å². The van der Waals surface area contributed by atoms with E-state index in [-0.39, 0.29) is 24.9 Å². The number of hydrogen-bond acceptors (Lipinski definition) is 5. The summed E-state index contributed by atoms with van der Waals surface area (Å²) in [6.45, 7) is 1.61. The summed E-state index contributed by atoms with van der Waals surface area (Å²) in [5, 5.41) is 16.5. The number of halogens is 3. The molecule has 9 heteroatoms. The number of aromatic nitrogens is 1. The van der Waals surface area contributed by atoms with Gasteiger partial charge >= 0.3 is 0 Å². The lowest BCUT2D eigenvalue weighted by atomic mass is 9.88. The van der Waals surface area contributed by atoms with Gasteiger partial charge in [0.05, 0.1) is 22.3 Å². The van der Waals surface area contributed by atoms with Gasteiger partial charge < -0.3 is 20.6 Å². The van der Waals surface area contributed by atoms with E-state index >= 15 is 0 Å². The van der Waals surface area contributed by atoms with Gasteiger partial charge in [0.15, 0.2) is 5.82 Å². The lowest BCUT2D eigenvalue weighted by Gasteiger charge is -2.26. The van der Waals surface area contributed by atoms with Crippen LogP contribution in [0.15, 0.2) is 54.7 Å². The van der Waals surface area contributed by atoms with Crippen molar-refractivity contribution in [3.8, 4) is 0 Å². The highest BCUT2D eigenvalue weighted by Crippen LogP contribution is 2.36. The lowest BCUT2D eigenvalue weighted by Crippen LogP contribution is -2.28. The van der Waals surface area contributed by atoms with Crippen LogP contribution in [0.2, 0.25) is 10.0 Å². The molecule has 0 radical (unpaired) electrons. The molecular formula is C25H25Cl2FN4O2. The topological polar surface area (TPSA) is 77.5 Å². The maximum absolute atomic E-state index is 14.8. The van der Waals surface area contributed by atoms with E-state index in [1.54, 1.807) is 53.6 Å². The molecule has 0 saturated carbocycles. The van der Waals surface area contributed by atoms with Crippen LogP contribution in [0.4, 0.5) is 21.6 Å². The third-order valence-corrected chi connectivity index (χ3v) is 6.48. The van der Waals surface area contributed by atoms with E-state index in [1.165, 1.54) is 6.07 Å². The number of aliphatic hydroxyl groups is 1. The number of anilines is 3. The number of nitrogens with zero attached hydrogens (tertiary/aromatic N) is 2. The minimum absolute atomic E-state index is 0.0323. The molecule has 6 nitrogen and oxygen atoms in total. The minimum Gasteiger partial charge on any atom is -0.395 e. The number of carbonyl (C=O) groups excluding carboxylic acids is 1. The third kappa shape index (κ3) is 5.33. The molecule has 1 aliphatic heterocycles. The van der Waals surface area contributed by atoms with E-state index in [0.717, 1.165) is 25.9 Å². The number of piperidine rings is 1. The Morgan fingerprint density at radius 2 is 1.94 bits per heavy atom. The van der Waals surface area contributed by atoms with Crippen molar-refractivity contribution in [3.05, 3.63) is 81.7 Å². The highest BCUT2D eigenvalue weighted by Gasteiger charge is 2.24. The molecule has 2 heterocycles. The van der Waals surface area contributed by atoms with Crippen LogP contribution < -0.4 is 15.5 Å². The Labute approximate surface area is 207 Å². The van der Waals surface area contributed by atoms with Gasteiger partial charge in [0, 0.05) is 29.6 Å². The van der Waals surface area contributed by atoms with Gasteiger partial charge in [-0.2, -0.15) is 0 Å². The van der Waals surface area contributed by atoms with Crippen molar-refractivity contribution in [1.82, 2.24) is 10.3 Å². The summed E-state index contributed by atoms with van der Waals surface area (Å²) in [6, 6.07) is 12.9. The van der Waals surface area contributed by atoms with Gasteiger partial charge in [-0.3, -0.25) is 4.79 Å². The molecule has 3 N–H and O–H groups in total. The van der Waals surface area contributed by atoms with E-state index in [0.29, 0.717) is 38.4 Å². The van der Waals surface area contributed by atoms with Gasteiger partial charge in [-0.1, -0.05) is 29.3 Å². The number of aliphatic hydroxyl groups excluding tert-OH is 1. The summed E-state index contributed by atoms with van der Waals surface area (Å²) in [7, 11) is 0. The number of nitrogens with one attached hydrogen (secondary N) is 2. The quantitative estimate of drug-likeness (QED) is 0.404. The number of amides is 1. The Morgan fingerprint density at radius 1 is 1.15 bits per heavy atom.